The summed E-state index contributed by atoms with van der Waals surface area (Å²) in [6.07, 6.45) is 0. The zero-order chi connectivity index (χ0) is 18.8. The van der Waals surface area contributed by atoms with E-state index in [0.717, 1.165) is 0 Å². The highest BCUT2D eigenvalue weighted by Crippen LogP contribution is 2.21. The molecule has 1 aromatic heterocycles. The van der Waals surface area contributed by atoms with Gasteiger partial charge in [0.15, 0.2) is 5.69 Å². The lowest BCUT2D eigenvalue weighted by Crippen LogP contribution is -2.27. The number of aromatic nitrogens is 2. The van der Waals surface area contributed by atoms with Crippen molar-refractivity contribution in [1.29, 1.82) is 0 Å². The number of hydrogen-bond acceptors (Lipinski definition) is 4. The Hall–Kier alpha value is -3.16. The van der Waals surface area contributed by atoms with Crippen molar-refractivity contribution >= 4 is 29.1 Å². The number of aryl methyl sites for hydroxylation is 1. The molecule has 8 nitrogen and oxygen atoms in total. The maximum atomic E-state index is 12.5. The summed E-state index contributed by atoms with van der Waals surface area (Å²) in [5.74, 6) is -1.35. The lowest BCUT2D eigenvalue weighted by atomic mass is 9.95. The molecule has 0 unspecified atom stereocenters. The van der Waals surface area contributed by atoms with Crippen LogP contribution in [-0.4, -0.2) is 27.9 Å². The molecule has 0 fully saturated rings. The highest BCUT2D eigenvalue weighted by atomic mass is 16.2. The zero-order valence-corrected chi connectivity index (χ0v) is 14.6. The van der Waals surface area contributed by atoms with Crippen LogP contribution in [0.4, 0.5) is 11.4 Å². The SMILES string of the molecule is Cc1[nH]nc(C(N)=O)c1NC(=O)c1cccc(NC(=O)C(C)(C)C)c1. The van der Waals surface area contributed by atoms with Crippen molar-refractivity contribution in [3.8, 4) is 0 Å². The molecule has 0 atom stereocenters. The maximum absolute atomic E-state index is 12.5. The van der Waals surface area contributed by atoms with E-state index >= 15 is 0 Å². The normalized spacial score (nSPS) is 11.0. The van der Waals surface area contributed by atoms with Crippen molar-refractivity contribution in [1.82, 2.24) is 10.2 Å². The molecule has 1 aromatic carbocycles. The monoisotopic (exact) mass is 343 g/mol. The number of anilines is 2. The Kier molecular flexibility index (Phi) is 4.92. The molecule has 0 saturated carbocycles. The van der Waals surface area contributed by atoms with Crippen LogP contribution in [0.3, 0.4) is 0 Å². The average Bonchev–Trinajstić information content (AvgIpc) is 2.88. The first kappa shape index (κ1) is 18.2. The average molecular weight is 343 g/mol. The number of nitrogens with one attached hydrogen (secondary N) is 3. The van der Waals surface area contributed by atoms with Crippen LogP contribution in [0.15, 0.2) is 24.3 Å². The molecular formula is C17H21N5O3. The number of rotatable bonds is 4. The van der Waals surface area contributed by atoms with Gasteiger partial charge in [-0.2, -0.15) is 5.10 Å². The van der Waals surface area contributed by atoms with Gasteiger partial charge in [-0.3, -0.25) is 19.5 Å². The van der Waals surface area contributed by atoms with Gasteiger partial charge in [0.25, 0.3) is 11.8 Å². The highest BCUT2D eigenvalue weighted by Gasteiger charge is 2.22. The fourth-order valence-electron chi connectivity index (χ4n) is 2.00. The number of primary amides is 1. The molecule has 0 bridgehead atoms. The zero-order valence-electron chi connectivity index (χ0n) is 14.6. The number of hydrogen-bond donors (Lipinski definition) is 4. The van der Waals surface area contributed by atoms with E-state index in [1.165, 1.54) is 0 Å². The number of aromatic amines is 1. The van der Waals surface area contributed by atoms with E-state index < -0.39 is 17.2 Å². The first-order valence-corrected chi connectivity index (χ1v) is 7.67. The minimum atomic E-state index is -0.745. The topological polar surface area (TPSA) is 130 Å². The third-order valence-corrected chi connectivity index (χ3v) is 3.48. The van der Waals surface area contributed by atoms with Gasteiger partial charge in [-0.25, -0.2) is 0 Å². The first-order valence-electron chi connectivity index (χ1n) is 7.67. The van der Waals surface area contributed by atoms with Gasteiger partial charge in [-0.15, -0.1) is 0 Å². The van der Waals surface area contributed by atoms with Crippen molar-refractivity contribution in [2.75, 3.05) is 10.6 Å². The molecule has 1 heterocycles. The molecule has 3 amide bonds. The molecule has 0 radical (unpaired) electrons. The van der Waals surface area contributed by atoms with Crippen molar-refractivity contribution in [3.05, 3.63) is 41.2 Å². The van der Waals surface area contributed by atoms with Crippen molar-refractivity contribution in [2.45, 2.75) is 27.7 Å². The number of nitrogens with two attached hydrogens (primary N) is 1. The highest BCUT2D eigenvalue weighted by molar-refractivity contribution is 6.09. The number of amides is 3. The molecule has 2 aromatic rings. The molecule has 2 rings (SSSR count). The quantitative estimate of drug-likeness (QED) is 0.677. The summed E-state index contributed by atoms with van der Waals surface area (Å²) in [7, 11) is 0. The standard InChI is InChI=1S/C17H21N5O3/c1-9-12(13(14(18)23)22-21-9)20-15(24)10-6-5-7-11(8-10)19-16(25)17(2,3)4/h5-8H,1-4H3,(H2,18,23)(H,19,25)(H,20,24)(H,21,22). The predicted molar refractivity (Wildman–Crippen MR) is 94.3 cm³/mol. The van der Waals surface area contributed by atoms with E-state index in [-0.39, 0.29) is 17.3 Å². The fraction of sp³-hybridized carbons (Fsp3) is 0.294. The third kappa shape index (κ3) is 4.23. The summed E-state index contributed by atoms with van der Waals surface area (Å²) < 4.78 is 0. The number of carbonyl (C=O) groups is 3. The van der Waals surface area contributed by atoms with Crippen LogP contribution in [0.1, 0.15) is 47.3 Å². The van der Waals surface area contributed by atoms with Crippen LogP contribution in [-0.2, 0) is 4.79 Å². The smallest absolute Gasteiger partial charge is 0.271 e. The Morgan fingerprint density at radius 1 is 1.16 bits per heavy atom. The Labute approximate surface area is 145 Å². The van der Waals surface area contributed by atoms with E-state index in [1.807, 2.05) is 0 Å². The van der Waals surface area contributed by atoms with E-state index in [2.05, 4.69) is 20.8 Å². The lowest BCUT2D eigenvalue weighted by Gasteiger charge is -2.18. The molecule has 0 saturated heterocycles. The second-order valence-corrected chi connectivity index (χ2v) is 6.68. The summed E-state index contributed by atoms with van der Waals surface area (Å²) >= 11 is 0. The van der Waals surface area contributed by atoms with Crippen molar-refractivity contribution in [2.24, 2.45) is 11.1 Å². The van der Waals surface area contributed by atoms with Crippen LogP contribution in [0.25, 0.3) is 0 Å². The van der Waals surface area contributed by atoms with E-state index in [1.54, 1.807) is 52.0 Å². The van der Waals surface area contributed by atoms with E-state index in [0.29, 0.717) is 16.9 Å². The Morgan fingerprint density at radius 3 is 2.44 bits per heavy atom. The van der Waals surface area contributed by atoms with Crippen molar-refractivity contribution in [3.63, 3.8) is 0 Å². The molecule has 0 aliphatic carbocycles. The van der Waals surface area contributed by atoms with Crippen LogP contribution in [0.2, 0.25) is 0 Å². The van der Waals surface area contributed by atoms with Gasteiger partial charge in [0, 0.05) is 16.7 Å². The molecule has 0 aliphatic rings. The van der Waals surface area contributed by atoms with Gasteiger partial charge in [-0.1, -0.05) is 26.8 Å². The Morgan fingerprint density at radius 2 is 1.84 bits per heavy atom. The lowest BCUT2D eigenvalue weighted by molar-refractivity contribution is -0.123. The van der Waals surface area contributed by atoms with Crippen molar-refractivity contribution < 1.29 is 14.4 Å². The minimum absolute atomic E-state index is 0.0389. The second kappa shape index (κ2) is 6.76. The molecule has 5 N–H and O–H groups in total. The van der Waals surface area contributed by atoms with Gasteiger partial charge < -0.3 is 16.4 Å². The van der Waals surface area contributed by atoms with Crippen LogP contribution < -0.4 is 16.4 Å². The Balaban J connectivity index is 2.21. The molecule has 0 aliphatic heterocycles. The molecule has 132 valence electrons. The van der Waals surface area contributed by atoms with Gasteiger partial charge in [0.2, 0.25) is 5.91 Å². The van der Waals surface area contributed by atoms with Gasteiger partial charge in [0.1, 0.15) is 0 Å². The predicted octanol–water partition coefficient (Wildman–Crippen LogP) is 2.05. The largest absolute Gasteiger partial charge is 0.364 e. The summed E-state index contributed by atoms with van der Waals surface area (Å²) in [6.45, 7) is 7.05. The van der Waals surface area contributed by atoms with Crippen LogP contribution >= 0.6 is 0 Å². The summed E-state index contributed by atoms with van der Waals surface area (Å²) in [6, 6.07) is 6.50. The van der Waals surface area contributed by atoms with E-state index in [4.69, 9.17) is 5.73 Å². The molecule has 0 spiro atoms. The minimum Gasteiger partial charge on any atom is -0.364 e. The summed E-state index contributed by atoms with van der Waals surface area (Å²) in [5, 5.41) is 11.8. The second-order valence-electron chi connectivity index (χ2n) is 6.68. The number of nitrogens with zero attached hydrogens (tertiary/aromatic N) is 1. The number of H-pyrrole nitrogens is 1. The number of benzene rings is 1. The van der Waals surface area contributed by atoms with Gasteiger partial charge >= 0.3 is 0 Å². The van der Waals surface area contributed by atoms with Gasteiger partial charge in [0.05, 0.1) is 11.4 Å². The number of carbonyl (C=O) groups excluding carboxylic acids is 3. The third-order valence-electron chi connectivity index (χ3n) is 3.48. The fourth-order valence-corrected chi connectivity index (χ4v) is 2.00. The Bertz CT molecular complexity index is 833. The van der Waals surface area contributed by atoms with Crippen LogP contribution in [0, 0.1) is 12.3 Å². The molecule has 8 heteroatoms. The molecule has 25 heavy (non-hydrogen) atoms. The van der Waals surface area contributed by atoms with Gasteiger partial charge in [-0.05, 0) is 25.1 Å². The molecular weight excluding hydrogens is 322 g/mol. The summed E-state index contributed by atoms with van der Waals surface area (Å²) in [5.41, 5.74) is 6.23. The first-order chi connectivity index (χ1) is 11.6. The van der Waals surface area contributed by atoms with E-state index in [9.17, 15) is 14.4 Å². The summed E-state index contributed by atoms with van der Waals surface area (Å²) in [4.78, 5) is 35.9. The maximum Gasteiger partial charge on any atom is 0.271 e. The van der Waals surface area contributed by atoms with Crippen LogP contribution in [0.5, 0.6) is 0 Å².